The molecule has 1 aromatic rings. The summed E-state index contributed by atoms with van der Waals surface area (Å²) in [6.45, 7) is 2.02. The zero-order chi connectivity index (χ0) is 13.4. The van der Waals surface area contributed by atoms with Gasteiger partial charge in [0, 0.05) is 0 Å². The molecule has 3 N–H and O–H groups in total. The highest BCUT2D eigenvalue weighted by atomic mass is 16.5. The molecule has 0 spiro atoms. The van der Waals surface area contributed by atoms with Crippen LogP contribution in [0.4, 0.5) is 4.79 Å². The van der Waals surface area contributed by atoms with Crippen molar-refractivity contribution in [2.24, 2.45) is 5.10 Å². The lowest BCUT2D eigenvalue weighted by Crippen LogP contribution is -2.18. The summed E-state index contributed by atoms with van der Waals surface area (Å²) in [6, 6.07) is 5.29. The Balaban J connectivity index is 0.00000324. The molecule has 7 nitrogen and oxygen atoms in total. The lowest BCUT2D eigenvalue weighted by Gasteiger charge is -2.07. The van der Waals surface area contributed by atoms with E-state index in [9.17, 15) is 4.79 Å². The van der Waals surface area contributed by atoms with E-state index in [4.69, 9.17) is 9.47 Å². The second-order valence-electron chi connectivity index (χ2n) is 3.20. The molecule has 0 aromatic heterocycles. The number of hydrazone groups is 1. The SMILES string of the molecule is CCOC(=O)N/N=C/c1ccc(OC)c(OC)c1.O. The van der Waals surface area contributed by atoms with Crippen molar-refractivity contribution in [1.29, 1.82) is 0 Å². The first-order chi connectivity index (χ1) is 8.71. The molecular formula is C12H18N2O5. The standard InChI is InChI=1S/C12H16N2O4.H2O/c1-4-18-12(15)14-13-8-9-5-6-10(16-2)11(7-9)17-3;/h5-8H,4H2,1-3H3,(H,14,15);1H2/b13-8+;. The van der Waals surface area contributed by atoms with Gasteiger partial charge in [0.2, 0.25) is 0 Å². The second kappa shape index (κ2) is 8.76. The maximum absolute atomic E-state index is 11.0. The van der Waals surface area contributed by atoms with E-state index in [0.29, 0.717) is 18.1 Å². The lowest BCUT2D eigenvalue weighted by atomic mass is 10.2. The lowest BCUT2D eigenvalue weighted by molar-refractivity contribution is 0.152. The number of amides is 1. The molecule has 0 heterocycles. The maximum atomic E-state index is 11.0. The summed E-state index contributed by atoms with van der Waals surface area (Å²) < 4.78 is 14.9. The highest BCUT2D eigenvalue weighted by molar-refractivity contribution is 5.82. The fourth-order valence-corrected chi connectivity index (χ4v) is 1.26. The van der Waals surface area contributed by atoms with E-state index < -0.39 is 6.09 Å². The van der Waals surface area contributed by atoms with Gasteiger partial charge in [0.25, 0.3) is 0 Å². The molecule has 0 radical (unpaired) electrons. The molecule has 0 saturated carbocycles. The monoisotopic (exact) mass is 270 g/mol. The van der Waals surface area contributed by atoms with Gasteiger partial charge in [-0.15, -0.1) is 0 Å². The van der Waals surface area contributed by atoms with Gasteiger partial charge in [-0.1, -0.05) is 0 Å². The smallest absolute Gasteiger partial charge is 0.427 e. The molecule has 1 amide bonds. The second-order valence-corrected chi connectivity index (χ2v) is 3.20. The van der Waals surface area contributed by atoms with Crippen molar-refractivity contribution in [2.45, 2.75) is 6.92 Å². The molecule has 7 heteroatoms. The fourth-order valence-electron chi connectivity index (χ4n) is 1.26. The van der Waals surface area contributed by atoms with Gasteiger partial charge in [0.05, 0.1) is 27.0 Å². The molecule has 0 aliphatic heterocycles. The maximum Gasteiger partial charge on any atom is 0.427 e. The quantitative estimate of drug-likeness (QED) is 0.636. The van der Waals surface area contributed by atoms with Crippen molar-refractivity contribution in [1.82, 2.24) is 5.43 Å². The minimum atomic E-state index is -0.589. The van der Waals surface area contributed by atoms with Crippen LogP contribution in [0.1, 0.15) is 12.5 Å². The van der Waals surface area contributed by atoms with Crippen LogP contribution in [0.5, 0.6) is 11.5 Å². The predicted molar refractivity (Wildman–Crippen MR) is 70.9 cm³/mol. The minimum absolute atomic E-state index is 0. The van der Waals surface area contributed by atoms with Gasteiger partial charge in [-0.05, 0) is 30.7 Å². The average molecular weight is 270 g/mol. The van der Waals surface area contributed by atoms with E-state index >= 15 is 0 Å². The molecule has 0 saturated heterocycles. The third-order valence-electron chi connectivity index (χ3n) is 2.05. The van der Waals surface area contributed by atoms with Crippen LogP contribution in [-0.4, -0.2) is 38.6 Å². The van der Waals surface area contributed by atoms with E-state index in [-0.39, 0.29) is 5.48 Å². The van der Waals surface area contributed by atoms with Crippen LogP contribution in [-0.2, 0) is 4.74 Å². The van der Waals surface area contributed by atoms with E-state index in [1.807, 2.05) is 0 Å². The third-order valence-corrected chi connectivity index (χ3v) is 2.05. The first-order valence-corrected chi connectivity index (χ1v) is 5.39. The summed E-state index contributed by atoms with van der Waals surface area (Å²) in [5.74, 6) is 1.23. The van der Waals surface area contributed by atoms with Gasteiger partial charge in [-0.3, -0.25) is 0 Å². The van der Waals surface area contributed by atoms with Gasteiger partial charge >= 0.3 is 6.09 Å². The van der Waals surface area contributed by atoms with Crippen molar-refractivity contribution in [3.05, 3.63) is 23.8 Å². The van der Waals surface area contributed by atoms with Crippen molar-refractivity contribution in [3.63, 3.8) is 0 Å². The number of rotatable bonds is 5. The Hall–Kier alpha value is -2.28. The van der Waals surface area contributed by atoms with Crippen molar-refractivity contribution in [2.75, 3.05) is 20.8 Å². The van der Waals surface area contributed by atoms with Gasteiger partial charge < -0.3 is 19.7 Å². The van der Waals surface area contributed by atoms with Gasteiger partial charge in [0.1, 0.15) is 0 Å². The molecule has 0 fully saturated rings. The zero-order valence-corrected chi connectivity index (χ0v) is 11.1. The molecule has 0 bridgehead atoms. The normalized spacial score (nSPS) is 9.63. The summed E-state index contributed by atoms with van der Waals surface area (Å²) in [6.07, 6.45) is 0.896. The van der Waals surface area contributed by atoms with Crippen LogP contribution < -0.4 is 14.9 Å². The number of benzene rings is 1. The summed E-state index contributed by atoms with van der Waals surface area (Å²) in [5.41, 5.74) is 3.00. The Labute approximate surface area is 111 Å². The van der Waals surface area contributed by atoms with Crippen molar-refractivity contribution < 1.29 is 24.5 Å². The Morgan fingerprint density at radius 3 is 2.58 bits per heavy atom. The zero-order valence-electron chi connectivity index (χ0n) is 11.1. The number of hydrogen-bond acceptors (Lipinski definition) is 5. The third kappa shape index (κ3) is 5.26. The fraction of sp³-hybridized carbons (Fsp3) is 0.333. The van der Waals surface area contributed by atoms with E-state index in [1.165, 1.54) is 6.21 Å². The number of nitrogens with zero attached hydrogens (tertiary/aromatic N) is 1. The van der Waals surface area contributed by atoms with Crippen LogP contribution in [0.2, 0.25) is 0 Å². The minimum Gasteiger partial charge on any atom is -0.493 e. The number of ether oxygens (including phenoxy) is 3. The van der Waals surface area contributed by atoms with E-state index in [2.05, 4.69) is 15.3 Å². The molecule has 0 aliphatic carbocycles. The molecular weight excluding hydrogens is 252 g/mol. The van der Waals surface area contributed by atoms with Gasteiger partial charge in [-0.25, -0.2) is 10.2 Å². The summed E-state index contributed by atoms with van der Waals surface area (Å²) in [7, 11) is 3.11. The molecule has 1 aromatic carbocycles. The Bertz CT molecular complexity index is 434. The largest absolute Gasteiger partial charge is 0.493 e. The van der Waals surface area contributed by atoms with Gasteiger partial charge in [-0.2, -0.15) is 5.10 Å². The highest BCUT2D eigenvalue weighted by Crippen LogP contribution is 2.26. The van der Waals surface area contributed by atoms with Crippen LogP contribution in [0, 0.1) is 0 Å². The van der Waals surface area contributed by atoms with Crippen molar-refractivity contribution in [3.8, 4) is 11.5 Å². The molecule has 0 atom stereocenters. The number of methoxy groups -OCH3 is 2. The Morgan fingerprint density at radius 2 is 2.00 bits per heavy atom. The van der Waals surface area contributed by atoms with Crippen LogP contribution in [0.15, 0.2) is 23.3 Å². The van der Waals surface area contributed by atoms with E-state index in [0.717, 1.165) is 5.56 Å². The molecule has 106 valence electrons. The van der Waals surface area contributed by atoms with Crippen LogP contribution in [0.25, 0.3) is 0 Å². The van der Waals surface area contributed by atoms with Gasteiger partial charge in [0.15, 0.2) is 11.5 Å². The van der Waals surface area contributed by atoms with Crippen LogP contribution in [0.3, 0.4) is 0 Å². The summed E-state index contributed by atoms with van der Waals surface area (Å²) in [5, 5.41) is 3.75. The Kier molecular flexibility index (Phi) is 7.71. The molecule has 19 heavy (non-hydrogen) atoms. The molecule has 0 unspecified atom stereocenters. The summed E-state index contributed by atoms with van der Waals surface area (Å²) >= 11 is 0. The number of carbonyl (C=O) groups excluding carboxylic acids is 1. The topological polar surface area (TPSA) is 101 Å². The van der Waals surface area contributed by atoms with E-state index in [1.54, 1.807) is 39.3 Å². The first kappa shape index (κ1) is 16.7. The number of carbonyl (C=O) groups is 1. The first-order valence-electron chi connectivity index (χ1n) is 5.39. The molecule has 0 aliphatic rings. The highest BCUT2D eigenvalue weighted by Gasteiger charge is 2.03. The average Bonchev–Trinajstić information content (AvgIpc) is 2.38. The molecule has 1 rings (SSSR count). The summed E-state index contributed by atoms with van der Waals surface area (Å²) in [4.78, 5) is 11.0. The Morgan fingerprint density at radius 1 is 1.32 bits per heavy atom. The van der Waals surface area contributed by atoms with Crippen LogP contribution >= 0.6 is 0 Å². The number of hydrogen-bond donors (Lipinski definition) is 1. The van der Waals surface area contributed by atoms with Crippen molar-refractivity contribution >= 4 is 12.3 Å². The predicted octanol–water partition coefficient (Wildman–Crippen LogP) is 0.959. The number of nitrogens with one attached hydrogen (secondary N) is 1.